The molecule has 15 heteroatoms. The smallest absolute Gasteiger partial charge is 0.298 e. The second-order valence-electron chi connectivity index (χ2n) is 11.3. The first-order valence-electron chi connectivity index (χ1n) is 13.2. The van der Waals surface area contributed by atoms with Crippen molar-refractivity contribution in [1.29, 1.82) is 0 Å². The lowest BCUT2D eigenvalue weighted by atomic mass is 9.96. The van der Waals surface area contributed by atoms with Gasteiger partial charge >= 0.3 is 0 Å². The van der Waals surface area contributed by atoms with Crippen molar-refractivity contribution in [2.45, 2.75) is 58.5 Å². The quantitative estimate of drug-likeness (QED) is 0.132. The molecule has 6 N–H and O–H groups in total. The summed E-state index contributed by atoms with van der Waals surface area (Å²) in [6, 6.07) is 18.8. The molecule has 0 saturated heterocycles. The van der Waals surface area contributed by atoms with Gasteiger partial charge in [0.15, 0.2) is 5.72 Å². The highest BCUT2D eigenvalue weighted by atomic mass is 32.2. The second-order valence-corrected chi connectivity index (χ2v) is 16.0. The van der Waals surface area contributed by atoms with E-state index in [4.69, 9.17) is 20.9 Å². The van der Waals surface area contributed by atoms with Crippen LogP contribution in [0.5, 0.6) is 17.2 Å². The van der Waals surface area contributed by atoms with Gasteiger partial charge in [0.2, 0.25) is 9.84 Å². The average Bonchev–Trinajstić information content (AvgIpc) is 2.91. The Hall–Kier alpha value is -3.83. The SMILES string of the molecule is CC(C)(N)Oc1ccc(-c2ccc(Oc3ccc(S(=O)(=O)c4ccc(C(C)(C)N)cc4)cc3)c(S(=O)(=O)O)c2)cc1S(=O)(=O)O. The van der Waals surface area contributed by atoms with Crippen LogP contribution in [0.25, 0.3) is 11.1 Å². The summed E-state index contributed by atoms with van der Waals surface area (Å²) in [4.78, 5) is -1.25. The number of hydrogen-bond acceptors (Lipinski definition) is 10. The van der Waals surface area contributed by atoms with Crippen LogP contribution in [0.1, 0.15) is 33.3 Å². The molecule has 45 heavy (non-hydrogen) atoms. The van der Waals surface area contributed by atoms with E-state index in [9.17, 15) is 34.4 Å². The normalized spacial score (nSPS) is 13.0. The Balaban J connectivity index is 1.66. The molecule has 0 amide bonds. The molecule has 0 heterocycles. The second kappa shape index (κ2) is 11.8. The fraction of sp³-hybridized carbons (Fsp3) is 0.200. The number of hydrogen-bond donors (Lipinski definition) is 4. The molecule has 0 atom stereocenters. The van der Waals surface area contributed by atoms with Gasteiger partial charge in [0.1, 0.15) is 27.0 Å². The number of rotatable bonds is 10. The van der Waals surface area contributed by atoms with Crippen molar-refractivity contribution in [3.63, 3.8) is 0 Å². The largest absolute Gasteiger partial charge is 0.472 e. The van der Waals surface area contributed by atoms with Crippen LogP contribution in [-0.2, 0) is 35.6 Å². The number of nitrogens with two attached hydrogens (primary N) is 2. The molecule has 0 aliphatic carbocycles. The molecule has 0 spiro atoms. The summed E-state index contributed by atoms with van der Waals surface area (Å²) >= 11 is 0. The summed E-state index contributed by atoms with van der Waals surface area (Å²) in [5.74, 6) is -0.464. The molecule has 0 aliphatic rings. The summed E-state index contributed by atoms with van der Waals surface area (Å²) in [6.07, 6.45) is 0. The molecule has 0 radical (unpaired) electrons. The summed E-state index contributed by atoms with van der Waals surface area (Å²) in [7, 11) is -13.6. The van der Waals surface area contributed by atoms with Gasteiger partial charge in [-0.25, -0.2) is 8.42 Å². The maximum atomic E-state index is 13.1. The van der Waals surface area contributed by atoms with Gasteiger partial charge in [-0.15, -0.1) is 0 Å². The lowest BCUT2D eigenvalue weighted by Gasteiger charge is -2.22. The zero-order chi connectivity index (χ0) is 33.6. The topological polar surface area (TPSA) is 213 Å². The predicted molar refractivity (Wildman–Crippen MR) is 166 cm³/mol. The Morgan fingerprint density at radius 2 is 1.02 bits per heavy atom. The molecule has 240 valence electrons. The van der Waals surface area contributed by atoms with Gasteiger partial charge in [0.25, 0.3) is 20.2 Å². The minimum Gasteiger partial charge on any atom is -0.472 e. The van der Waals surface area contributed by atoms with Crippen LogP contribution in [0, 0.1) is 0 Å². The highest BCUT2D eigenvalue weighted by Gasteiger charge is 2.25. The van der Waals surface area contributed by atoms with Gasteiger partial charge in [-0.05, 0) is 105 Å². The van der Waals surface area contributed by atoms with E-state index in [1.54, 1.807) is 26.0 Å². The molecule has 0 aliphatic heterocycles. The van der Waals surface area contributed by atoms with Crippen molar-refractivity contribution < 1.29 is 43.8 Å². The van der Waals surface area contributed by atoms with E-state index in [1.165, 1.54) is 74.5 Å². The monoisotopic (exact) mass is 676 g/mol. The van der Waals surface area contributed by atoms with Crippen molar-refractivity contribution >= 4 is 30.1 Å². The van der Waals surface area contributed by atoms with E-state index in [0.717, 1.165) is 17.7 Å². The Labute approximate surface area is 262 Å². The highest BCUT2D eigenvalue weighted by Crippen LogP contribution is 2.36. The molecule has 0 bridgehead atoms. The van der Waals surface area contributed by atoms with E-state index >= 15 is 0 Å². The molecular weight excluding hydrogens is 645 g/mol. The summed E-state index contributed by atoms with van der Waals surface area (Å²) < 4.78 is 106. The zero-order valence-corrected chi connectivity index (χ0v) is 27.1. The molecule has 0 saturated carbocycles. The minimum atomic E-state index is -4.88. The number of benzene rings is 4. The van der Waals surface area contributed by atoms with Crippen LogP contribution in [0.2, 0.25) is 0 Å². The average molecular weight is 677 g/mol. The third-order valence-electron chi connectivity index (χ3n) is 6.42. The van der Waals surface area contributed by atoms with Gasteiger partial charge in [-0.3, -0.25) is 14.8 Å². The van der Waals surface area contributed by atoms with Crippen molar-refractivity contribution in [1.82, 2.24) is 0 Å². The predicted octanol–water partition coefficient (Wildman–Crippen LogP) is 4.74. The number of ether oxygens (including phenoxy) is 2. The van der Waals surface area contributed by atoms with Gasteiger partial charge in [0.05, 0.1) is 9.79 Å². The maximum Gasteiger partial charge on any atom is 0.298 e. The van der Waals surface area contributed by atoms with Crippen molar-refractivity contribution in [2.75, 3.05) is 0 Å². The lowest BCUT2D eigenvalue weighted by molar-refractivity contribution is 0.113. The van der Waals surface area contributed by atoms with E-state index in [0.29, 0.717) is 0 Å². The molecule has 0 unspecified atom stereocenters. The van der Waals surface area contributed by atoms with Crippen LogP contribution < -0.4 is 20.9 Å². The van der Waals surface area contributed by atoms with E-state index in [1.807, 2.05) is 0 Å². The summed E-state index contributed by atoms with van der Waals surface area (Å²) in [5.41, 5.74) is 11.0. The first kappa shape index (κ1) is 34.1. The molecule has 12 nitrogen and oxygen atoms in total. The molecule has 0 aromatic heterocycles. The Morgan fingerprint density at radius 3 is 1.44 bits per heavy atom. The van der Waals surface area contributed by atoms with Crippen LogP contribution in [-0.4, -0.2) is 40.1 Å². The lowest BCUT2D eigenvalue weighted by Crippen LogP contribution is -2.39. The summed E-state index contributed by atoms with van der Waals surface area (Å²) in [5, 5.41) is 0. The fourth-order valence-electron chi connectivity index (χ4n) is 4.24. The standard InChI is InChI=1S/C30H32N2O10S3/c1-29(2,31)21-7-11-23(12-8-21)43(33,34)24-13-9-22(10-14-24)41-25-15-5-19(17-27(25)44(35,36)37)20-6-16-26(42-30(3,4)32)28(18-20)45(38,39)40/h5-18H,31-32H2,1-4H3,(H,35,36,37)(H,38,39,40). The molecular formula is C30H32N2O10S3. The first-order valence-corrected chi connectivity index (χ1v) is 17.6. The van der Waals surface area contributed by atoms with Crippen LogP contribution in [0.3, 0.4) is 0 Å². The molecule has 4 rings (SSSR count). The first-order chi connectivity index (χ1) is 20.6. The van der Waals surface area contributed by atoms with Gasteiger partial charge < -0.3 is 15.2 Å². The van der Waals surface area contributed by atoms with Crippen molar-refractivity contribution in [2.24, 2.45) is 11.5 Å². The molecule has 0 fully saturated rings. The minimum absolute atomic E-state index is 0.0416. The van der Waals surface area contributed by atoms with E-state index in [2.05, 4.69) is 0 Å². The van der Waals surface area contributed by atoms with Crippen LogP contribution >= 0.6 is 0 Å². The van der Waals surface area contributed by atoms with Gasteiger partial charge in [-0.2, -0.15) is 16.8 Å². The number of sulfone groups is 1. The Kier molecular flexibility index (Phi) is 8.95. The maximum absolute atomic E-state index is 13.1. The van der Waals surface area contributed by atoms with Crippen molar-refractivity contribution in [3.05, 3.63) is 90.5 Å². The Morgan fingerprint density at radius 1 is 0.600 bits per heavy atom. The van der Waals surface area contributed by atoms with E-state index in [-0.39, 0.29) is 38.2 Å². The molecule has 4 aromatic carbocycles. The highest BCUT2D eigenvalue weighted by molar-refractivity contribution is 7.91. The third-order valence-corrected chi connectivity index (χ3v) is 9.96. The van der Waals surface area contributed by atoms with Gasteiger partial charge in [0, 0.05) is 5.54 Å². The zero-order valence-electron chi connectivity index (χ0n) is 24.6. The fourth-order valence-corrected chi connectivity index (χ4v) is 6.78. The van der Waals surface area contributed by atoms with Crippen LogP contribution in [0.4, 0.5) is 0 Å². The van der Waals surface area contributed by atoms with E-state index < -0.39 is 51.1 Å². The van der Waals surface area contributed by atoms with Crippen LogP contribution in [0.15, 0.2) is 105 Å². The molecule has 4 aromatic rings. The summed E-state index contributed by atoms with van der Waals surface area (Å²) in [6.45, 7) is 6.54. The Bertz CT molecular complexity index is 2060. The van der Waals surface area contributed by atoms with Crippen molar-refractivity contribution in [3.8, 4) is 28.4 Å². The third kappa shape index (κ3) is 8.07. The van der Waals surface area contributed by atoms with Gasteiger partial charge in [-0.1, -0.05) is 24.3 Å².